The molecule has 1 rings (SSSR count). The van der Waals surface area contributed by atoms with Crippen molar-refractivity contribution in [3.05, 3.63) is 12.0 Å². The summed E-state index contributed by atoms with van der Waals surface area (Å²) in [4.78, 5) is 8.70. The van der Waals surface area contributed by atoms with E-state index in [2.05, 4.69) is 14.7 Å². The third-order valence-corrected chi connectivity index (χ3v) is 3.72. The predicted octanol–water partition coefficient (Wildman–Crippen LogP) is 0.201. The van der Waals surface area contributed by atoms with Gasteiger partial charge in [0, 0.05) is 19.0 Å². The predicted molar refractivity (Wildman–Crippen MR) is 66.3 cm³/mol. The number of hydrogen-bond acceptors (Lipinski definition) is 4. The van der Waals surface area contributed by atoms with Gasteiger partial charge in [-0.15, -0.1) is 0 Å². The molecular formula is C10H20N4O2S. The molecule has 0 amide bonds. The monoisotopic (exact) mass is 260 g/mol. The van der Waals surface area contributed by atoms with E-state index in [4.69, 9.17) is 0 Å². The molecular weight excluding hydrogens is 240 g/mol. The van der Waals surface area contributed by atoms with Crippen LogP contribution in [0.15, 0.2) is 11.2 Å². The molecule has 1 heterocycles. The van der Waals surface area contributed by atoms with Crippen LogP contribution in [0.5, 0.6) is 0 Å². The Kier molecular flexibility index (Phi) is 4.67. The Morgan fingerprint density at radius 1 is 1.53 bits per heavy atom. The molecule has 1 atom stereocenters. The largest absolute Gasteiger partial charge is 0.332 e. The Morgan fingerprint density at radius 2 is 2.18 bits per heavy atom. The second kappa shape index (κ2) is 5.61. The van der Waals surface area contributed by atoms with Crippen molar-refractivity contribution in [3.8, 4) is 0 Å². The van der Waals surface area contributed by atoms with Crippen molar-refractivity contribution in [1.82, 2.24) is 19.6 Å². The molecule has 0 aliphatic rings. The summed E-state index contributed by atoms with van der Waals surface area (Å²) >= 11 is 0. The second-order valence-corrected chi connectivity index (χ2v) is 6.01. The lowest BCUT2D eigenvalue weighted by Gasteiger charge is -2.17. The van der Waals surface area contributed by atoms with Crippen LogP contribution in [0.2, 0.25) is 0 Å². The van der Waals surface area contributed by atoms with Crippen LogP contribution in [-0.4, -0.2) is 50.0 Å². The van der Waals surface area contributed by atoms with Crippen molar-refractivity contribution >= 4 is 10.0 Å². The minimum absolute atomic E-state index is 0.125. The maximum absolute atomic E-state index is 12.0. The molecule has 0 aliphatic heterocycles. The lowest BCUT2D eigenvalue weighted by atomic mass is 10.3. The number of imidazole rings is 1. The van der Waals surface area contributed by atoms with Crippen molar-refractivity contribution in [1.29, 1.82) is 0 Å². The minimum atomic E-state index is -3.49. The highest BCUT2D eigenvalue weighted by Crippen LogP contribution is 2.06. The molecule has 0 radical (unpaired) electrons. The van der Waals surface area contributed by atoms with Gasteiger partial charge < -0.3 is 9.88 Å². The number of H-pyrrole nitrogens is 1. The first kappa shape index (κ1) is 14.1. The van der Waals surface area contributed by atoms with Gasteiger partial charge in [0.05, 0.1) is 6.20 Å². The second-order valence-electron chi connectivity index (χ2n) is 4.33. The number of nitrogens with zero attached hydrogens (tertiary/aromatic N) is 2. The Labute approximate surface area is 102 Å². The number of aromatic amines is 1. The van der Waals surface area contributed by atoms with Gasteiger partial charge in [-0.1, -0.05) is 6.92 Å². The molecule has 0 aromatic carbocycles. The lowest BCUT2D eigenvalue weighted by Crippen LogP contribution is -2.39. The van der Waals surface area contributed by atoms with Crippen LogP contribution in [0.25, 0.3) is 0 Å². The van der Waals surface area contributed by atoms with Crippen LogP contribution < -0.4 is 4.72 Å². The van der Waals surface area contributed by atoms with E-state index in [1.165, 1.54) is 6.20 Å². The molecule has 1 unspecified atom stereocenters. The van der Waals surface area contributed by atoms with E-state index in [0.717, 1.165) is 0 Å². The van der Waals surface area contributed by atoms with Gasteiger partial charge in [0.1, 0.15) is 5.82 Å². The normalized spacial score (nSPS) is 14.2. The molecule has 98 valence electrons. The zero-order valence-corrected chi connectivity index (χ0v) is 11.5. The quantitative estimate of drug-likeness (QED) is 0.766. The smallest absolute Gasteiger partial charge is 0.257 e. The molecule has 0 spiro atoms. The van der Waals surface area contributed by atoms with E-state index in [1.54, 1.807) is 0 Å². The Bertz CT molecular complexity index is 453. The Morgan fingerprint density at radius 3 is 2.65 bits per heavy atom. The summed E-state index contributed by atoms with van der Waals surface area (Å²) in [5.74, 6) is 0.672. The van der Waals surface area contributed by atoms with Crippen molar-refractivity contribution in [3.63, 3.8) is 0 Å². The molecule has 17 heavy (non-hydrogen) atoms. The van der Waals surface area contributed by atoms with Crippen molar-refractivity contribution in [2.45, 2.75) is 31.3 Å². The number of aryl methyl sites for hydroxylation is 1. The summed E-state index contributed by atoms with van der Waals surface area (Å²) < 4.78 is 26.5. The number of nitrogens with one attached hydrogen (secondary N) is 2. The van der Waals surface area contributed by atoms with Crippen LogP contribution in [-0.2, 0) is 16.4 Å². The maximum Gasteiger partial charge on any atom is 0.257 e. The summed E-state index contributed by atoms with van der Waals surface area (Å²) in [6.45, 7) is 4.39. The lowest BCUT2D eigenvalue weighted by molar-refractivity contribution is 0.370. The average Bonchev–Trinajstić information content (AvgIpc) is 2.63. The molecule has 7 heteroatoms. The van der Waals surface area contributed by atoms with Gasteiger partial charge in [-0.2, -0.15) is 0 Å². The first-order valence-electron chi connectivity index (χ1n) is 5.56. The van der Waals surface area contributed by atoms with E-state index in [-0.39, 0.29) is 11.1 Å². The zero-order chi connectivity index (χ0) is 13.1. The standard InChI is InChI=1S/C10H20N4O2S/c1-5-9-11-6-10(12-9)17(15,16)13-8(2)7-14(3)4/h6,8,13H,5,7H2,1-4H3,(H,11,12). The summed E-state index contributed by atoms with van der Waals surface area (Å²) in [6.07, 6.45) is 2.03. The van der Waals surface area contributed by atoms with Crippen molar-refractivity contribution in [2.75, 3.05) is 20.6 Å². The summed E-state index contributed by atoms with van der Waals surface area (Å²) in [7, 11) is 0.309. The third kappa shape index (κ3) is 4.10. The third-order valence-electron chi connectivity index (χ3n) is 2.22. The fourth-order valence-electron chi connectivity index (χ4n) is 1.57. The average molecular weight is 260 g/mol. The Hall–Kier alpha value is -0.920. The first-order valence-corrected chi connectivity index (χ1v) is 7.04. The van der Waals surface area contributed by atoms with E-state index in [1.807, 2.05) is 32.8 Å². The number of hydrogen-bond donors (Lipinski definition) is 2. The van der Waals surface area contributed by atoms with Crippen molar-refractivity contribution in [2.24, 2.45) is 0 Å². The molecule has 0 aliphatic carbocycles. The fraction of sp³-hybridized carbons (Fsp3) is 0.700. The molecule has 0 saturated heterocycles. The first-order chi connectivity index (χ1) is 7.85. The van der Waals surface area contributed by atoms with Crippen LogP contribution in [0.4, 0.5) is 0 Å². The molecule has 0 bridgehead atoms. The van der Waals surface area contributed by atoms with Gasteiger partial charge in [-0.05, 0) is 21.0 Å². The van der Waals surface area contributed by atoms with Gasteiger partial charge in [-0.3, -0.25) is 0 Å². The van der Waals surface area contributed by atoms with Gasteiger partial charge in [-0.25, -0.2) is 18.1 Å². The highest BCUT2D eigenvalue weighted by molar-refractivity contribution is 7.89. The maximum atomic E-state index is 12.0. The van der Waals surface area contributed by atoms with Crippen LogP contribution >= 0.6 is 0 Å². The van der Waals surface area contributed by atoms with Crippen LogP contribution in [0, 0.1) is 0 Å². The van der Waals surface area contributed by atoms with Crippen LogP contribution in [0.3, 0.4) is 0 Å². The molecule has 1 aromatic rings. The fourth-order valence-corrected chi connectivity index (χ4v) is 2.75. The number of sulfonamides is 1. The topological polar surface area (TPSA) is 78.1 Å². The number of aromatic nitrogens is 2. The molecule has 0 saturated carbocycles. The van der Waals surface area contributed by atoms with Crippen molar-refractivity contribution < 1.29 is 8.42 Å². The van der Waals surface area contributed by atoms with Gasteiger partial charge in [0.2, 0.25) is 0 Å². The van der Waals surface area contributed by atoms with E-state index >= 15 is 0 Å². The van der Waals surface area contributed by atoms with Gasteiger partial charge in [0.15, 0.2) is 5.03 Å². The molecule has 2 N–H and O–H groups in total. The van der Waals surface area contributed by atoms with E-state index in [9.17, 15) is 8.42 Å². The summed E-state index contributed by atoms with van der Waals surface area (Å²) in [5, 5.41) is 0.125. The minimum Gasteiger partial charge on any atom is -0.332 e. The highest BCUT2D eigenvalue weighted by Gasteiger charge is 2.19. The molecule has 1 aromatic heterocycles. The highest BCUT2D eigenvalue weighted by atomic mass is 32.2. The number of likely N-dealkylation sites (N-methyl/N-ethyl adjacent to an activating group) is 1. The summed E-state index contributed by atoms with van der Waals surface area (Å²) in [6, 6.07) is -0.150. The number of rotatable bonds is 6. The summed E-state index contributed by atoms with van der Waals surface area (Å²) in [5.41, 5.74) is 0. The van der Waals surface area contributed by atoms with Gasteiger partial charge >= 0.3 is 0 Å². The van der Waals surface area contributed by atoms with E-state index in [0.29, 0.717) is 18.8 Å². The van der Waals surface area contributed by atoms with E-state index < -0.39 is 10.0 Å². The van der Waals surface area contributed by atoms with Gasteiger partial charge in [0.25, 0.3) is 10.0 Å². The Balaban J connectivity index is 2.74. The molecule has 6 nitrogen and oxygen atoms in total. The van der Waals surface area contributed by atoms with Crippen LogP contribution in [0.1, 0.15) is 19.7 Å². The SMILES string of the molecule is CCc1ncc(S(=O)(=O)NC(C)CN(C)C)[nH]1. The molecule has 0 fully saturated rings. The zero-order valence-electron chi connectivity index (χ0n) is 10.7.